The molecule has 0 aliphatic carbocycles. The van der Waals surface area contributed by atoms with E-state index >= 15 is 0 Å². The summed E-state index contributed by atoms with van der Waals surface area (Å²) in [6.45, 7) is 3.01. The van der Waals surface area contributed by atoms with Crippen LogP contribution in [0.5, 0.6) is 0 Å². The SMILES string of the molecule is CCc1ccccc1NC(=O)CNC(=O)[C@@H](C)S(=O)(=O)Cc1cccc(Br)c1. The van der Waals surface area contributed by atoms with Crippen molar-refractivity contribution in [3.63, 3.8) is 0 Å². The molecule has 2 rings (SSSR count). The Morgan fingerprint density at radius 3 is 2.50 bits per heavy atom. The van der Waals surface area contributed by atoms with Crippen molar-refractivity contribution in [1.29, 1.82) is 0 Å². The second kappa shape index (κ2) is 9.84. The van der Waals surface area contributed by atoms with E-state index in [1.54, 1.807) is 30.3 Å². The molecule has 2 amide bonds. The van der Waals surface area contributed by atoms with E-state index < -0.39 is 26.9 Å². The van der Waals surface area contributed by atoms with E-state index in [9.17, 15) is 18.0 Å². The van der Waals surface area contributed by atoms with Crippen molar-refractivity contribution < 1.29 is 18.0 Å². The summed E-state index contributed by atoms with van der Waals surface area (Å²) in [7, 11) is -3.71. The van der Waals surface area contributed by atoms with Gasteiger partial charge in [-0.3, -0.25) is 9.59 Å². The number of sulfone groups is 1. The number of nitrogens with one attached hydrogen (secondary N) is 2. The molecule has 0 aromatic heterocycles. The Bertz CT molecular complexity index is 960. The Balaban J connectivity index is 1.93. The van der Waals surface area contributed by atoms with Crippen LogP contribution < -0.4 is 10.6 Å². The Morgan fingerprint density at radius 2 is 1.82 bits per heavy atom. The number of hydrogen-bond acceptors (Lipinski definition) is 4. The van der Waals surface area contributed by atoms with E-state index in [0.29, 0.717) is 11.3 Å². The number of rotatable bonds is 8. The summed E-state index contributed by atoms with van der Waals surface area (Å²) in [6, 6.07) is 14.3. The van der Waals surface area contributed by atoms with Crippen LogP contribution in [-0.4, -0.2) is 32.0 Å². The van der Waals surface area contributed by atoms with Gasteiger partial charge < -0.3 is 10.6 Å². The lowest BCUT2D eigenvalue weighted by molar-refractivity contribution is -0.123. The lowest BCUT2D eigenvalue weighted by Gasteiger charge is -2.14. The maximum Gasteiger partial charge on any atom is 0.243 e. The molecule has 150 valence electrons. The van der Waals surface area contributed by atoms with Crippen LogP contribution in [0.3, 0.4) is 0 Å². The summed E-state index contributed by atoms with van der Waals surface area (Å²) in [4.78, 5) is 24.4. The summed E-state index contributed by atoms with van der Waals surface area (Å²) >= 11 is 3.30. The van der Waals surface area contributed by atoms with Gasteiger partial charge in [0.05, 0.1) is 12.3 Å². The number of hydrogen-bond donors (Lipinski definition) is 2. The van der Waals surface area contributed by atoms with E-state index in [4.69, 9.17) is 0 Å². The van der Waals surface area contributed by atoms with Crippen LogP contribution in [-0.2, 0) is 31.6 Å². The number of para-hydroxylation sites is 1. The number of halogens is 1. The van der Waals surface area contributed by atoms with E-state index in [2.05, 4.69) is 26.6 Å². The minimum Gasteiger partial charge on any atom is -0.346 e. The zero-order chi connectivity index (χ0) is 20.7. The van der Waals surface area contributed by atoms with E-state index in [-0.39, 0.29) is 12.3 Å². The highest BCUT2D eigenvalue weighted by molar-refractivity contribution is 9.10. The van der Waals surface area contributed by atoms with Crippen LogP contribution >= 0.6 is 15.9 Å². The zero-order valence-corrected chi connectivity index (χ0v) is 18.1. The summed E-state index contributed by atoms with van der Waals surface area (Å²) in [5.41, 5.74) is 2.25. The maximum absolute atomic E-state index is 12.5. The molecular formula is C20H23BrN2O4S. The molecule has 1 atom stereocenters. The number of amides is 2. The largest absolute Gasteiger partial charge is 0.346 e. The molecule has 0 spiro atoms. The molecule has 8 heteroatoms. The summed E-state index contributed by atoms with van der Waals surface area (Å²) < 4.78 is 25.8. The monoisotopic (exact) mass is 466 g/mol. The number of benzene rings is 2. The molecule has 0 saturated heterocycles. The van der Waals surface area contributed by atoms with Gasteiger partial charge in [0.2, 0.25) is 11.8 Å². The van der Waals surface area contributed by atoms with Gasteiger partial charge in [0, 0.05) is 10.2 Å². The molecule has 0 unspecified atom stereocenters. The Morgan fingerprint density at radius 1 is 1.11 bits per heavy atom. The smallest absolute Gasteiger partial charge is 0.243 e. The molecule has 6 nitrogen and oxygen atoms in total. The van der Waals surface area contributed by atoms with Crippen molar-refractivity contribution in [2.24, 2.45) is 0 Å². The molecule has 28 heavy (non-hydrogen) atoms. The normalized spacial score (nSPS) is 12.2. The molecule has 0 bridgehead atoms. The standard InChI is InChI=1S/C20H23BrN2O4S/c1-3-16-8-4-5-10-18(16)23-19(24)12-22-20(25)14(2)28(26,27)13-15-7-6-9-17(21)11-15/h4-11,14H,3,12-13H2,1-2H3,(H,22,25)(H,23,24)/t14-/m1/s1. The highest BCUT2D eigenvalue weighted by Crippen LogP contribution is 2.17. The maximum atomic E-state index is 12.5. The summed E-state index contributed by atoms with van der Waals surface area (Å²) in [5, 5.41) is 3.87. The Hall–Kier alpha value is -2.19. The van der Waals surface area contributed by atoms with Gasteiger partial charge in [0.25, 0.3) is 0 Å². The molecule has 0 radical (unpaired) electrons. The van der Waals surface area contributed by atoms with Crippen molar-refractivity contribution >= 4 is 43.3 Å². The van der Waals surface area contributed by atoms with Gasteiger partial charge in [0.15, 0.2) is 9.84 Å². The molecule has 0 aliphatic heterocycles. The van der Waals surface area contributed by atoms with Gasteiger partial charge in [-0.05, 0) is 42.7 Å². The van der Waals surface area contributed by atoms with Crippen molar-refractivity contribution in [2.45, 2.75) is 31.3 Å². The van der Waals surface area contributed by atoms with Gasteiger partial charge in [-0.2, -0.15) is 0 Å². The van der Waals surface area contributed by atoms with Crippen LogP contribution in [0.15, 0.2) is 53.0 Å². The third-order valence-corrected chi connectivity index (χ3v) is 6.78. The molecule has 0 saturated carbocycles. The molecule has 2 N–H and O–H groups in total. The third kappa shape index (κ3) is 6.17. The van der Waals surface area contributed by atoms with Gasteiger partial charge in [-0.15, -0.1) is 0 Å². The quantitative estimate of drug-likeness (QED) is 0.624. The van der Waals surface area contributed by atoms with Gasteiger partial charge in [-0.25, -0.2) is 8.42 Å². The van der Waals surface area contributed by atoms with E-state index in [1.165, 1.54) is 6.92 Å². The first-order valence-electron chi connectivity index (χ1n) is 8.84. The van der Waals surface area contributed by atoms with E-state index in [1.807, 2.05) is 25.1 Å². The number of anilines is 1. The Kier molecular flexibility index (Phi) is 7.77. The van der Waals surface area contributed by atoms with Gasteiger partial charge in [-0.1, -0.05) is 53.2 Å². The van der Waals surface area contributed by atoms with E-state index in [0.717, 1.165) is 16.5 Å². The molecular weight excluding hydrogens is 444 g/mol. The minimum absolute atomic E-state index is 0.253. The first-order valence-corrected chi connectivity index (χ1v) is 11.3. The second-order valence-corrected chi connectivity index (χ2v) is 9.59. The zero-order valence-electron chi connectivity index (χ0n) is 15.7. The van der Waals surface area contributed by atoms with Crippen molar-refractivity contribution in [2.75, 3.05) is 11.9 Å². The fourth-order valence-corrected chi connectivity index (χ4v) is 4.35. The highest BCUT2D eigenvalue weighted by Gasteiger charge is 2.28. The van der Waals surface area contributed by atoms with Crippen LogP contribution in [0.2, 0.25) is 0 Å². The van der Waals surface area contributed by atoms with Gasteiger partial charge >= 0.3 is 0 Å². The molecule has 2 aromatic rings. The van der Waals surface area contributed by atoms with Gasteiger partial charge in [0.1, 0.15) is 5.25 Å². The first kappa shape index (κ1) is 22.1. The topological polar surface area (TPSA) is 92.3 Å². The van der Waals surface area contributed by atoms with Crippen LogP contribution in [0.25, 0.3) is 0 Å². The third-order valence-electron chi connectivity index (χ3n) is 4.26. The van der Waals surface area contributed by atoms with Crippen LogP contribution in [0, 0.1) is 0 Å². The summed E-state index contributed by atoms with van der Waals surface area (Å²) in [6.07, 6.45) is 0.758. The Labute approximate surface area is 173 Å². The van der Waals surface area contributed by atoms with Crippen molar-refractivity contribution in [3.8, 4) is 0 Å². The highest BCUT2D eigenvalue weighted by atomic mass is 79.9. The number of carbonyl (C=O) groups is 2. The molecule has 2 aromatic carbocycles. The predicted octanol–water partition coefficient (Wildman–Crippen LogP) is 3.07. The molecule has 0 heterocycles. The number of aryl methyl sites for hydroxylation is 1. The molecule has 0 aliphatic rings. The average molecular weight is 467 g/mol. The number of carbonyl (C=O) groups excluding carboxylic acids is 2. The minimum atomic E-state index is -3.71. The summed E-state index contributed by atoms with van der Waals surface area (Å²) in [5.74, 6) is -1.36. The first-order chi connectivity index (χ1) is 13.2. The van der Waals surface area contributed by atoms with Crippen molar-refractivity contribution in [1.82, 2.24) is 5.32 Å². The molecule has 0 fully saturated rings. The predicted molar refractivity (Wildman–Crippen MR) is 114 cm³/mol. The fraction of sp³-hybridized carbons (Fsp3) is 0.300. The lowest BCUT2D eigenvalue weighted by atomic mass is 10.1. The van der Waals surface area contributed by atoms with Crippen LogP contribution in [0.4, 0.5) is 5.69 Å². The second-order valence-electron chi connectivity index (χ2n) is 6.36. The van der Waals surface area contributed by atoms with Crippen LogP contribution in [0.1, 0.15) is 25.0 Å². The van der Waals surface area contributed by atoms with Crippen molar-refractivity contribution in [3.05, 3.63) is 64.1 Å². The fourth-order valence-electron chi connectivity index (χ4n) is 2.60. The lowest BCUT2D eigenvalue weighted by Crippen LogP contribution is -2.41. The average Bonchev–Trinajstić information content (AvgIpc) is 2.65.